The summed E-state index contributed by atoms with van der Waals surface area (Å²) in [6.45, 7) is 0.690. The van der Waals surface area contributed by atoms with Gasteiger partial charge < -0.3 is 4.90 Å². The predicted molar refractivity (Wildman–Crippen MR) is 44.3 cm³/mol. The number of carbonyl (C=O) groups excluding carboxylic acids is 2. The minimum Gasteiger partial charge on any atom is -0.345 e. The molecule has 1 heterocycles. The van der Waals surface area contributed by atoms with Gasteiger partial charge in [-0.05, 0) is 0 Å². The van der Waals surface area contributed by atoms with Crippen molar-refractivity contribution < 1.29 is 9.59 Å². The van der Waals surface area contributed by atoms with Crippen LogP contribution in [0.1, 0.15) is 12.8 Å². The number of amides is 1. The maximum Gasteiger partial charge on any atom is 0.222 e. The lowest BCUT2D eigenvalue weighted by Crippen LogP contribution is -2.30. The average molecular weight is 173 g/mol. The quantitative estimate of drug-likeness (QED) is 0.535. The van der Waals surface area contributed by atoms with Crippen molar-refractivity contribution in [3.8, 4) is 0 Å². The maximum atomic E-state index is 11.1. The van der Waals surface area contributed by atoms with Gasteiger partial charge in [-0.15, -0.1) is 0 Å². The summed E-state index contributed by atoms with van der Waals surface area (Å²) >= 11 is 1.33. The number of hydrogen-bond donors (Lipinski definition) is 0. The molecule has 0 spiro atoms. The topological polar surface area (TPSA) is 37.4 Å². The minimum atomic E-state index is 0.0821. The van der Waals surface area contributed by atoms with Crippen LogP contribution in [0, 0.1) is 0 Å². The van der Waals surface area contributed by atoms with Gasteiger partial charge in [-0.3, -0.25) is 9.59 Å². The molecule has 1 fully saturated rings. The molecule has 1 rings (SSSR count). The van der Waals surface area contributed by atoms with Gasteiger partial charge in [0, 0.05) is 32.2 Å². The molecule has 0 aromatic rings. The van der Waals surface area contributed by atoms with Crippen LogP contribution in [0.5, 0.6) is 0 Å². The first-order valence-electron chi connectivity index (χ1n) is 3.60. The van der Waals surface area contributed by atoms with Crippen LogP contribution in [0.2, 0.25) is 0 Å². The Kier molecular flexibility index (Phi) is 2.93. The van der Waals surface area contributed by atoms with Crippen LogP contribution in [0.15, 0.2) is 0 Å². The highest BCUT2D eigenvalue weighted by Crippen LogP contribution is 2.12. The molecule has 1 aliphatic heterocycles. The fourth-order valence-corrected chi connectivity index (χ4v) is 1.73. The Balaban J connectivity index is 2.47. The molecule has 11 heavy (non-hydrogen) atoms. The Bertz CT molecular complexity index is 181. The molecule has 1 saturated heterocycles. The van der Waals surface area contributed by atoms with Crippen LogP contribution in [-0.4, -0.2) is 35.3 Å². The number of rotatable bonds is 0. The second kappa shape index (κ2) is 3.76. The Labute approximate surface area is 70.1 Å². The van der Waals surface area contributed by atoms with E-state index in [9.17, 15) is 9.59 Å². The summed E-state index contributed by atoms with van der Waals surface area (Å²) in [7, 11) is 1.78. The second-order valence-electron chi connectivity index (χ2n) is 2.54. The lowest BCUT2D eigenvalue weighted by atomic mass is 10.3. The van der Waals surface area contributed by atoms with E-state index in [1.54, 1.807) is 11.9 Å². The van der Waals surface area contributed by atoms with Crippen molar-refractivity contribution in [1.82, 2.24) is 4.90 Å². The number of hydrogen-bond acceptors (Lipinski definition) is 3. The fourth-order valence-electron chi connectivity index (χ4n) is 0.893. The normalized spacial score (nSPS) is 21.4. The highest BCUT2D eigenvalue weighted by Gasteiger charge is 2.15. The molecule has 0 saturated carbocycles. The maximum absolute atomic E-state index is 11.1. The molecule has 1 aliphatic rings. The van der Waals surface area contributed by atoms with E-state index in [1.807, 2.05) is 0 Å². The summed E-state index contributed by atoms with van der Waals surface area (Å²) in [6.07, 6.45) is 0.774. The Morgan fingerprint density at radius 3 is 2.82 bits per heavy atom. The van der Waals surface area contributed by atoms with Crippen LogP contribution in [0.4, 0.5) is 0 Å². The third-order valence-electron chi connectivity index (χ3n) is 1.66. The van der Waals surface area contributed by atoms with Gasteiger partial charge in [0.2, 0.25) is 5.91 Å². The van der Waals surface area contributed by atoms with Gasteiger partial charge in [0.1, 0.15) is 0 Å². The highest BCUT2D eigenvalue weighted by atomic mass is 32.2. The number of thioether (sulfide) groups is 1. The molecule has 0 N–H and O–H groups in total. The van der Waals surface area contributed by atoms with Crippen LogP contribution in [0.3, 0.4) is 0 Å². The largest absolute Gasteiger partial charge is 0.345 e. The van der Waals surface area contributed by atoms with Crippen molar-refractivity contribution in [2.24, 2.45) is 0 Å². The molecule has 0 aliphatic carbocycles. The molecule has 0 unspecified atom stereocenters. The molecule has 4 heteroatoms. The summed E-state index contributed by atoms with van der Waals surface area (Å²) in [6, 6.07) is 0. The zero-order valence-corrected chi connectivity index (χ0v) is 7.32. The predicted octanol–water partition coefficient (Wildman–Crippen LogP) is 0.498. The average Bonchev–Trinajstić information content (AvgIpc) is 1.98. The number of nitrogens with zero attached hydrogens (tertiary/aromatic N) is 1. The first kappa shape index (κ1) is 8.59. The molecule has 0 bridgehead atoms. The van der Waals surface area contributed by atoms with Crippen molar-refractivity contribution in [3.63, 3.8) is 0 Å². The third kappa shape index (κ3) is 2.54. The van der Waals surface area contributed by atoms with Crippen molar-refractivity contribution in [2.45, 2.75) is 12.8 Å². The lowest BCUT2D eigenvalue weighted by Gasteiger charge is -2.18. The second-order valence-corrected chi connectivity index (χ2v) is 3.69. The van der Waals surface area contributed by atoms with Crippen molar-refractivity contribution in [2.75, 3.05) is 19.3 Å². The molecule has 1 amide bonds. The van der Waals surface area contributed by atoms with E-state index >= 15 is 0 Å². The number of carbonyl (C=O) groups is 2. The fraction of sp³-hybridized carbons (Fsp3) is 0.714. The van der Waals surface area contributed by atoms with Gasteiger partial charge in [0.15, 0.2) is 5.12 Å². The summed E-state index contributed by atoms with van der Waals surface area (Å²) < 4.78 is 0. The van der Waals surface area contributed by atoms with Crippen molar-refractivity contribution >= 4 is 22.8 Å². The van der Waals surface area contributed by atoms with E-state index < -0.39 is 0 Å². The van der Waals surface area contributed by atoms with E-state index in [-0.39, 0.29) is 11.0 Å². The van der Waals surface area contributed by atoms with Gasteiger partial charge in [-0.2, -0.15) is 0 Å². The van der Waals surface area contributed by atoms with E-state index in [0.717, 1.165) is 5.75 Å². The van der Waals surface area contributed by atoms with Crippen molar-refractivity contribution in [3.05, 3.63) is 0 Å². The molecule has 0 atom stereocenters. The summed E-state index contributed by atoms with van der Waals surface area (Å²) in [4.78, 5) is 23.6. The SMILES string of the molecule is CN1CCSC(=O)CCC1=O. The van der Waals surface area contributed by atoms with E-state index in [2.05, 4.69) is 0 Å². The smallest absolute Gasteiger partial charge is 0.222 e. The van der Waals surface area contributed by atoms with Crippen molar-refractivity contribution in [1.29, 1.82) is 0 Å². The van der Waals surface area contributed by atoms with Gasteiger partial charge in [0.05, 0.1) is 0 Å². The molecule has 62 valence electrons. The van der Waals surface area contributed by atoms with E-state index in [0.29, 0.717) is 19.4 Å². The zero-order valence-electron chi connectivity index (χ0n) is 6.50. The summed E-state index contributed by atoms with van der Waals surface area (Å²) in [5.41, 5.74) is 0. The summed E-state index contributed by atoms with van der Waals surface area (Å²) in [5, 5.41) is 0.145. The standard InChI is InChI=1S/C7H11NO2S/c1-8-4-5-11-7(10)3-2-6(8)9/h2-5H2,1H3. The van der Waals surface area contributed by atoms with E-state index in [4.69, 9.17) is 0 Å². The van der Waals surface area contributed by atoms with Crippen LogP contribution >= 0.6 is 11.8 Å². The molecule has 0 aromatic heterocycles. The molecular formula is C7H11NO2S. The van der Waals surface area contributed by atoms with E-state index in [1.165, 1.54) is 11.8 Å². The summed E-state index contributed by atoms with van der Waals surface area (Å²) in [5.74, 6) is 0.819. The zero-order chi connectivity index (χ0) is 8.27. The van der Waals surface area contributed by atoms with Crippen LogP contribution < -0.4 is 0 Å². The minimum absolute atomic E-state index is 0.0821. The molecule has 0 radical (unpaired) electrons. The van der Waals surface area contributed by atoms with Crippen LogP contribution in [0.25, 0.3) is 0 Å². The molecule has 0 aromatic carbocycles. The van der Waals surface area contributed by atoms with Gasteiger partial charge in [-0.1, -0.05) is 11.8 Å². The third-order valence-corrected chi connectivity index (χ3v) is 2.57. The van der Waals surface area contributed by atoms with Gasteiger partial charge >= 0.3 is 0 Å². The lowest BCUT2D eigenvalue weighted by molar-refractivity contribution is -0.131. The molecular weight excluding hydrogens is 162 g/mol. The van der Waals surface area contributed by atoms with Gasteiger partial charge in [-0.25, -0.2) is 0 Å². The first-order chi connectivity index (χ1) is 5.20. The Morgan fingerprint density at radius 1 is 1.36 bits per heavy atom. The highest BCUT2D eigenvalue weighted by molar-refractivity contribution is 8.13. The monoisotopic (exact) mass is 173 g/mol. The first-order valence-corrected chi connectivity index (χ1v) is 4.58. The molecule has 3 nitrogen and oxygen atoms in total. The Morgan fingerprint density at radius 2 is 2.09 bits per heavy atom. The van der Waals surface area contributed by atoms with Gasteiger partial charge in [0.25, 0.3) is 0 Å². The van der Waals surface area contributed by atoms with Crippen LogP contribution in [-0.2, 0) is 9.59 Å². The Hall–Kier alpha value is -0.510.